The number of ketones is 1. The fraction of sp³-hybridized carbons (Fsp3) is 0. The molecule has 3 rings (SSSR count). The minimum atomic E-state index is -0.146. The zero-order valence-electron chi connectivity index (χ0n) is 11.0. The molecule has 0 saturated carbocycles. The second-order valence-electron chi connectivity index (χ2n) is 4.56. The van der Waals surface area contributed by atoms with E-state index in [1.807, 2.05) is 35.2 Å². The largest absolute Gasteiger partial charge is 0.323 e. The SMILES string of the molecule is O=C(c1ccccc1Cl)c1cc(Cl)ccc1-n1cccc1. The van der Waals surface area contributed by atoms with Gasteiger partial charge < -0.3 is 4.57 Å². The third-order valence-corrected chi connectivity index (χ3v) is 3.77. The third-order valence-electron chi connectivity index (χ3n) is 3.20. The first-order chi connectivity index (χ1) is 10.2. The Hall–Kier alpha value is -2.03. The molecule has 0 amide bonds. The van der Waals surface area contributed by atoms with Crippen molar-refractivity contribution in [1.29, 1.82) is 0 Å². The summed E-state index contributed by atoms with van der Waals surface area (Å²) >= 11 is 12.2. The third kappa shape index (κ3) is 2.73. The Morgan fingerprint density at radius 2 is 1.57 bits per heavy atom. The van der Waals surface area contributed by atoms with Gasteiger partial charge in [-0.25, -0.2) is 0 Å². The minimum Gasteiger partial charge on any atom is -0.323 e. The maximum absolute atomic E-state index is 12.8. The van der Waals surface area contributed by atoms with Crippen LogP contribution in [0.3, 0.4) is 0 Å². The molecule has 0 unspecified atom stereocenters. The van der Waals surface area contributed by atoms with Crippen molar-refractivity contribution in [2.24, 2.45) is 0 Å². The lowest BCUT2D eigenvalue weighted by atomic mass is 10.0. The molecule has 0 aliphatic heterocycles. The van der Waals surface area contributed by atoms with Gasteiger partial charge in [0.1, 0.15) is 0 Å². The first kappa shape index (κ1) is 13.9. The van der Waals surface area contributed by atoms with Gasteiger partial charge >= 0.3 is 0 Å². The molecular weight excluding hydrogens is 305 g/mol. The number of carbonyl (C=O) groups excluding carboxylic acids is 1. The molecule has 2 aromatic carbocycles. The fourth-order valence-corrected chi connectivity index (χ4v) is 2.59. The summed E-state index contributed by atoms with van der Waals surface area (Å²) in [5, 5.41) is 0.947. The van der Waals surface area contributed by atoms with Crippen molar-refractivity contribution in [3.8, 4) is 5.69 Å². The molecule has 0 saturated heterocycles. The number of hydrogen-bond acceptors (Lipinski definition) is 1. The molecule has 104 valence electrons. The molecule has 0 bridgehead atoms. The van der Waals surface area contributed by atoms with Gasteiger partial charge in [0.15, 0.2) is 5.78 Å². The number of benzene rings is 2. The van der Waals surface area contributed by atoms with E-state index >= 15 is 0 Å². The predicted octanol–water partition coefficient (Wildman–Crippen LogP) is 5.02. The zero-order valence-corrected chi connectivity index (χ0v) is 12.5. The second kappa shape index (κ2) is 5.76. The Kier molecular flexibility index (Phi) is 3.82. The van der Waals surface area contributed by atoms with Crippen LogP contribution in [-0.4, -0.2) is 10.4 Å². The Bertz CT molecular complexity index is 794. The van der Waals surface area contributed by atoms with Gasteiger partial charge in [-0.15, -0.1) is 0 Å². The predicted molar refractivity (Wildman–Crippen MR) is 85.7 cm³/mol. The van der Waals surface area contributed by atoms with E-state index in [1.165, 1.54) is 0 Å². The summed E-state index contributed by atoms with van der Waals surface area (Å²) in [6.07, 6.45) is 3.76. The highest BCUT2D eigenvalue weighted by atomic mass is 35.5. The molecule has 0 spiro atoms. The highest BCUT2D eigenvalue weighted by Crippen LogP contribution is 2.25. The van der Waals surface area contributed by atoms with Gasteiger partial charge in [0.05, 0.1) is 10.7 Å². The average Bonchev–Trinajstić information content (AvgIpc) is 3.01. The molecule has 0 radical (unpaired) electrons. The van der Waals surface area contributed by atoms with Crippen LogP contribution in [0.4, 0.5) is 0 Å². The molecule has 0 atom stereocenters. The molecule has 4 heteroatoms. The van der Waals surface area contributed by atoms with Crippen LogP contribution < -0.4 is 0 Å². The number of aromatic nitrogens is 1. The number of carbonyl (C=O) groups is 1. The number of nitrogens with zero attached hydrogens (tertiary/aromatic N) is 1. The molecule has 0 aliphatic carbocycles. The number of rotatable bonds is 3. The van der Waals surface area contributed by atoms with Crippen molar-refractivity contribution in [2.45, 2.75) is 0 Å². The first-order valence-electron chi connectivity index (χ1n) is 6.39. The highest BCUT2D eigenvalue weighted by Gasteiger charge is 2.17. The van der Waals surface area contributed by atoms with Gasteiger partial charge in [-0.05, 0) is 42.5 Å². The normalized spacial score (nSPS) is 10.6. The van der Waals surface area contributed by atoms with Crippen LogP contribution in [0.15, 0.2) is 67.0 Å². The molecule has 1 heterocycles. The number of halogens is 2. The Labute approximate surface area is 132 Å². The van der Waals surface area contributed by atoms with Gasteiger partial charge in [0.25, 0.3) is 0 Å². The summed E-state index contributed by atoms with van der Waals surface area (Å²) in [7, 11) is 0. The van der Waals surface area contributed by atoms with Gasteiger partial charge in [0, 0.05) is 28.5 Å². The summed E-state index contributed by atoms with van der Waals surface area (Å²) in [5.41, 5.74) is 1.76. The summed E-state index contributed by atoms with van der Waals surface area (Å²) < 4.78 is 1.88. The van der Waals surface area contributed by atoms with E-state index in [4.69, 9.17) is 23.2 Å². The molecule has 0 fully saturated rings. The molecule has 3 aromatic rings. The van der Waals surface area contributed by atoms with E-state index in [1.54, 1.807) is 36.4 Å². The van der Waals surface area contributed by atoms with Crippen LogP contribution in [-0.2, 0) is 0 Å². The molecule has 2 nitrogen and oxygen atoms in total. The van der Waals surface area contributed by atoms with Crippen LogP contribution in [0.5, 0.6) is 0 Å². The summed E-state index contributed by atoms with van der Waals surface area (Å²) in [5.74, 6) is -0.146. The van der Waals surface area contributed by atoms with Crippen LogP contribution in [0, 0.1) is 0 Å². The van der Waals surface area contributed by atoms with E-state index in [9.17, 15) is 4.79 Å². The van der Waals surface area contributed by atoms with Crippen LogP contribution in [0.25, 0.3) is 5.69 Å². The molecule has 21 heavy (non-hydrogen) atoms. The van der Waals surface area contributed by atoms with E-state index < -0.39 is 0 Å². The van der Waals surface area contributed by atoms with Crippen LogP contribution in [0.1, 0.15) is 15.9 Å². The van der Waals surface area contributed by atoms with E-state index in [-0.39, 0.29) is 5.78 Å². The minimum absolute atomic E-state index is 0.146. The van der Waals surface area contributed by atoms with Gasteiger partial charge in [-0.2, -0.15) is 0 Å². The van der Waals surface area contributed by atoms with Crippen molar-refractivity contribution in [3.63, 3.8) is 0 Å². The molecule has 0 N–H and O–H groups in total. The fourth-order valence-electron chi connectivity index (χ4n) is 2.20. The van der Waals surface area contributed by atoms with Gasteiger partial charge in [-0.3, -0.25) is 4.79 Å². The van der Waals surface area contributed by atoms with Crippen LogP contribution >= 0.6 is 23.2 Å². The molecule has 1 aromatic heterocycles. The van der Waals surface area contributed by atoms with Crippen LogP contribution in [0.2, 0.25) is 10.0 Å². The maximum atomic E-state index is 12.8. The van der Waals surface area contributed by atoms with Crippen molar-refractivity contribution in [3.05, 3.63) is 88.2 Å². The van der Waals surface area contributed by atoms with E-state index in [2.05, 4.69) is 0 Å². The lowest BCUT2D eigenvalue weighted by Gasteiger charge is -2.11. The second-order valence-corrected chi connectivity index (χ2v) is 5.40. The molecular formula is C17H11Cl2NO. The number of hydrogen-bond donors (Lipinski definition) is 0. The lowest BCUT2D eigenvalue weighted by molar-refractivity contribution is 0.103. The van der Waals surface area contributed by atoms with E-state index in [0.29, 0.717) is 21.2 Å². The first-order valence-corrected chi connectivity index (χ1v) is 7.14. The average molecular weight is 316 g/mol. The van der Waals surface area contributed by atoms with Gasteiger partial charge in [-0.1, -0.05) is 35.3 Å². The molecule has 0 aliphatic rings. The smallest absolute Gasteiger partial charge is 0.196 e. The highest BCUT2D eigenvalue weighted by molar-refractivity contribution is 6.35. The lowest BCUT2D eigenvalue weighted by Crippen LogP contribution is -2.07. The van der Waals surface area contributed by atoms with Crippen molar-refractivity contribution < 1.29 is 4.79 Å². The van der Waals surface area contributed by atoms with Crippen molar-refractivity contribution in [1.82, 2.24) is 4.57 Å². The summed E-state index contributed by atoms with van der Waals surface area (Å²) in [6, 6.07) is 16.1. The maximum Gasteiger partial charge on any atom is 0.196 e. The topological polar surface area (TPSA) is 22.0 Å². The Morgan fingerprint density at radius 1 is 0.857 bits per heavy atom. The standard InChI is InChI=1S/C17H11Cl2NO/c18-12-7-8-16(20-9-3-4-10-20)14(11-12)17(21)13-5-1-2-6-15(13)19/h1-11H. The van der Waals surface area contributed by atoms with Crippen molar-refractivity contribution in [2.75, 3.05) is 0 Å². The Balaban J connectivity index is 2.16. The summed E-state index contributed by atoms with van der Waals surface area (Å²) in [6.45, 7) is 0. The van der Waals surface area contributed by atoms with Gasteiger partial charge in [0.2, 0.25) is 0 Å². The van der Waals surface area contributed by atoms with E-state index in [0.717, 1.165) is 5.69 Å². The zero-order chi connectivity index (χ0) is 14.8. The monoisotopic (exact) mass is 315 g/mol. The Morgan fingerprint density at radius 3 is 2.29 bits per heavy atom. The quantitative estimate of drug-likeness (QED) is 0.622. The van der Waals surface area contributed by atoms with Crippen molar-refractivity contribution >= 4 is 29.0 Å². The summed E-state index contributed by atoms with van der Waals surface area (Å²) in [4.78, 5) is 12.8.